The van der Waals surface area contributed by atoms with E-state index in [9.17, 15) is 22.8 Å². The number of rotatable bonds is 5. The molecule has 3 aliphatic rings. The molecule has 2 aliphatic heterocycles. The van der Waals surface area contributed by atoms with Gasteiger partial charge in [0.25, 0.3) is 0 Å². The van der Waals surface area contributed by atoms with Gasteiger partial charge < -0.3 is 14.2 Å². The summed E-state index contributed by atoms with van der Waals surface area (Å²) in [4.78, 5) is 23.6. The van der Waals surface area contributed by atoms with E-state index in [0.29, 0.717) is 6.42 Å². The number of alkyl halides is 3. The van der Waals surface area contributed by atoms with E-state index in [2.05, 4.69) is 0 Å². The van der Waals surface area contributed by atoms with Gasteiger partial charge in [-0.1, -0.05) is 6.07 Å². The average Bonchev–Trinajstić information content (AvgIpc) is 3.16. The average molecular weight is 370 g/mol. The van der Waals surface area contributed by atoms with Gasteiger partial charge in [0, 0.05) is 5.92 Å². The van der Waals surface area contributed by atoms with E-state index in [1.807, 2.05) is 0 Å². The first-order chi connectivity index (χ1) is 12.3. The highest BCUT2D eigenvalue weighted by atomic mass is 19.4. The van der Waals surface area contributed by atoms with Crippen LogP contribution in [0.5, 0.6) is 5.75 Å². The molecule has 2 heterocycles. The number of benzene rings is 1. The van der Waals surface area contributed by atoms with Crippen LogP contribution in [0.3, 0.4) is 0 Å². The number of hydrogen-bond donors (Lipinski definition) is 0. The van der Waals surface area contributed by atoms with E-state index in [-0.39, 0.29) is 48.2 Å². The van der Waals surface area contributed by atoms with Gasteiger partial charge in [0.15, 0.2) is 0 Å². The summed E-state index contributed by atoms with van der Waals surface area (Å²) in [5.41, 5.74) is -0.828. The topological polar surface area (TPSA) is 65.1 Å². The van der Waals surface area contributed by atoms with Gasteiger partial charge in [-0.05, 0) is 37.0 Å². The third kappa shape index (κ3) is 3.30. The zero-order valence-corrected chi connectivity index (χ0v) is 13.7. The molecule has 0 bridgehead atoms. The first kappa shape index (κ1) is 17.3. The molecule has 0 N–H and O–H groups in total. The lowest BCUT2D eigenvalue weighted by Crippen LogP contribution is -2.24. The first-order valence-corrected chi connectivity index (χ1v) is 8.50. The minimum absolute atomic E-state index is 0.0129. The number of fused-ring (bicyclic) bond motifs is 1. The van der Waals surface area contributed by atoms with Gasteiger partial charge in [-0.2, -0.15) is 13.2 Å². The van der Waals surface area contributed by atoms with Crippen LogP contribution in [0.25, 0.3) is 0 Å². The molecule has 0 aromatic heterocycles. The molecular formula is C18H17F3O5. The quantitative estimate of drug-likeness (QED) is 0.589. The molecule has 5 nitrogen and oxygen atoms in total. The lowest BCUT2D eigenvalue weighted by Gasteiger charge is -2.13. The Labute approximate surface area is 147 Å². The molecule has 1 saturated carbocycles. The maximum atomic E-state index is 12.7. The number of ketones is 1. The van der Waals surface area contributed by atoms with Crippen molar-refractivity contribution in [2.45, 2.75) is 43.8 Å². The first-order valence-electron chi connectivity index (χ1n) is 8.50. The molecule has 1 aromatic rings. The maximum absolute atomic E-state index is 12.7. The summed E-state index contributed by atoms with van der Waals surface area (Å²) in [5, 5.41) is 0. The van der Waals surface area contributed by atoms with Crippen LogP contribution in [0.1, 0.15) is 24.8 Å². The Bertz CT molecular complexity index is 732. The van der Waals surface area contributed by atoms with Crippen LogP contribution in [0, 0.1) is 11.8 Å². The smallest absolute Gasteiger partial charge is 0.416 e. The fourth-order valence-corrected chi connectivity index (χ4v) is 4.01. The van der Waals surface area contributed by atoms with Gasteiger partial charge in [0.05, 0.1) is 18.1 Å². The largest absolute Gasteiger partial charge is 0.486 e. The predicted molar refractivity (Wildman–Crippen MR) is 81.3 cm³/mol. The number of epoxide rings is 1. The lowest BCUT2D eigenvalue weighted by molar-refractivity contribution is -0.141. The summed E-state index contributed by atoms with van der Waals surface area (Å²) < 4.78 is 54.0. The Balaban J connectivity index is 1.31. The summed E-state index contributed by atoms with van der Waals surface area (Å²) in [6.07, 6.45) is -3.43. The molecule has 1 aliphatic carbocycles. The second-order valence-electron chi connectivity index (χ2n) is 6.94. The van der Waals surface area contributed by atoms with Crippen LogP contribution in [-0.2, 0) is 25.2 Å². The predicted octanol–water partition coefficient (Wildman–Crippen LogP) is 2.76. The van der Waals surface area contributed by atoms with Crippen LogP contribution >= 0.6 is 0 Å². The minimum atomic E-state index is -4.46. The van der Waals surface area contributed by atoms with Crippen molar-refractivity contribution < 1.29 is 37.0 Å². The Kier molecular flexibility index (Phi) is 4.17. The third-order valence-electron chi connectivity index (χ3n) is 5.30. The summed E-state index contributed by atoms with van der Waals surface area (Å²) >= 11 is 0. The highest BCUT2D eigenvalue weighted by Gasteiger charge is 2.57. The molecule has 0 spiro atoms. The van der Waals surface area contributed by atoms with Crippen molar-refractivity contribution in [1.29, 1.82) is 0 Å². The second kappa shape index (κ2) is 6.26. The number of Topliss-reactive ketones (excluding diaryl/α,β-unsaturated/α-hetero) is 1. The summed E-state index contributed by atoms with van der Waals surface area (Å²) in [6, 6.07) is 4.41. The van der Waals surface area contributed by atoms with E-state index < -0.39 is 17.8 Å². The minimum Gasteiger partial charge on any atom is -0.486 e. The molecule has 8 heteroatoms. The molecule has 0 amide bonds. The maximum Gasteiger partial charge on any atom is 0.416 e. The van der Waals surface area contributed by atoms with Crippen LogP contribution in [-0.4, -0.2) is 36.7 Å². The van der Waals surface area contributed by atoms with Crippen LogP contribution in [0.15, 0.2) is 24.3 Å². The monoisotopic (exact) mass is 370 g/mol. The Hall–Kier alpha value is -2.09. The standard InChI is InChI=1S/C18H17F3O5/c19-18(20,21)9-2-1-3-10(6-9)24-8-13(22)17-16(26-17)11-4-5-14-12(11)7-15(23)25-14/h1-3,6,11-12,14,16-17H,4-5,7-8H2/t11-,12-,14+,16-,17?/m1/s1. The summed E-state index contributed by atoms with van der Waals surface area (Å²) in [7, 11) is 0. The van der Waals surface area contributed by atoms with E-state index >= 15 is 0 Å². The van der Waals surface area contributed by atoms with Gasteiger partial charge in [0.1, 0.15) is 24.6 Å². The van der Waals surface area contributed by atoms with Gasteiger partial charge in [-0.15, -0.1) is 0 Å². The van der Waals surface area contributed by atoms with Crippen molar-refractivity contribution in [3.05, 3.63) is 29.8 Å². The highest BCUT2D eigenvalue weighted by molar-refractivity contribution is 5.87. The number of hydrogen-bond acceptors (Lipinski definition) is 5. The molecule has 5 atom stereocenters. The van der Waals surface area contributed by atoms with Crippen molar-refractivity contribution in [3.63, 3.8) is 0 Å². The Morgan fingerprint density at radius 1 is 1.23 bits per heavy atom. The molecule has 0 radical (unpaired) electrons. The van der Waals surface area contributed by atoms with Crippen molar-refractivity contribution in [2.75, 3.05) is 6.61 Å². The van der Waals surface area contributed by atoms with E-state index in [4.69, 9.17) is 14.2 Å². The number of esters is 1. The van der Waals surface area contributed by atoms with E-state index in [0.717, 1.165) is 25.0 Å². The van der Waals surface area contributed by atoms with Crippen molar-refractivity contribution >= 4 is 11.8 Å². The normalized spacial score (nSPS) is 32.9. The SMILES string of the molecule is O=C1C[C@@H]2[C@H]([C@H]3OC3C(=O)COc3cccc(C(F)(F)F)c3)CC[C@@H]2O1. The van der Waals surface area contributed by atoms with Crippen molar-refractivity contribution in [3.8, 4) is 5.75 Å². The van der Waals surface area contributed by atoms with E-state index in [1.54, 1.807) is 0 Å². The Morgan fingerprint density at radius 3 is 2.81 bits per heavy atom. The highest BCUT2D eigenvalue weighted by Crippen LogP contribution is 2.48. The molecule has 140 valence electrons. The fourth-order valence-electron chi connectivity index (χ4n) is 4.01. The fraction of sp³-hybridized carbons (Fsp3) is 0.556. The number of ether oxygens (including phenoxy) is 3. The van der Waals surface area contributed by atoms with E-state index in [1.165, 1.54) is 12.1 Å². The molecule has 1 aromatic carbocycles. The van der Waals surface area contributed by atoms with Crippen LogP contribution < -0.4 is 4.74 Å². The Morgan fingerprint density at radius 2 is 2.04 bits per heavy atom. The summed E-state index contributed by atoms with van der Waals surface area (Å²) in [5.74, 6) is -0.327. The van der Waals surface area contributed by atoms with Gasteiger partial charge in [0.2, 0.25) is 5.78 Å². The molecule has 4 rings (SSSR count). The zero-order chi connectivity index (χ0) is 18.5. The van der Waals surface area contributed by atoms with Crippen molar-refractivity contribution in [2.24, 2.45) is 11.8 Å². The number of carbonyl (C=O) groups excluding carboxylic acids is 2. The second-order valence-corrected chi connectivity index (χ2v) is 6.94. The van der Waals surface area contributed by atoms with Crippen LogP contribution in [0.4, 0.5) is 13.2 Å². The van der Waals surface area contributed by atoms with Crippen LogP contribution in [0.2, 0.25) is 0 Å². The van der Waals surface area contributed by atoms with Gasteiger partial charge in [-0.3, -0.25) is 9.59 Å². The third-order valence-corrected chi connectivity index (χ3v) is 5.30. The van der Waals surface area contributed by atoms with Crippen molar-refractivity contribution in [1.82, 2.24) is 0 Å². The molecule has 2 saturated heterocycles. The zero-order valence-electron chi connectivity index (χ0n) is 13.7. The lowest BCUT2D eigenvalue weighted by atomic mass is 9.88. The van der Waals surface area contributed by atoms with Gasteiger partial charge >= 0.3 is 12.1 Å². The number of carbonyl (C=O) groups is 2. The molecule has 1 unspecified atom stereocenters. The summed E-state index contributed by atoms with van der Waals surface area (Å²) in [6.45, 7) is -0.348. The molecule has 26 heavy (non-hydrogen) atoms. The molecular weight excluding hydrogens is 353 g/mol. The van der Waals surface area contributed by atoms with Gasteiger partial charge in [-0.25, -0.2) is 0 Å². The number of halogens is 3. The molecule has 3 fully saturated rings.